The van der Waals surface area contributed by atoms with Crippen LogP contribution >= 0.6 is 0 Å². The van der Waals surface area contributed by atoms with E-state index in [1.165, 1.54) is 24.8 Å². The van der Waals surface area contributed by atoms with Gasteiger partial charge in [0.15, 0.2) is 0 Å². The van der Waals surface area contributed by atoms with Gasteiger partial charge in [0.1, 0.15) is 0 Å². The van der Waals surface area contributed by atoms with Crippen molar-refractivity contribution in [2.75, 3.05) is 6.61 Å². The molecule has 0 spiro atoms. The number of hydrogen-bond donors (Lipinski definition) is 0. The van der Waals surface area contributed by atoms with Gasteiger partial charge in [0.25, 0.3) is 0 Å². The molecular formula is C15H21NO. The first-order chi connectivity index (χ1) is 8.27. The van der Waals surface area contributed by atoms with Gasteiger partial charge < -0.3 is 4.74 Å². The molecule has 0 aliphatic rings. The van der Waals surface area contributed by atoms with Crippen LogP contribution in [-0.4, -0.2) is 6.61 Å². The van der Waals surface area contributed by atoms with Crippen LogP contribution in [0.4, 0.5) is 0 Å². The van der Waals surface area contributed by atoms with E-state index in [9.17, 15) is 0 Å². The van der Waals surface area contributed by atoms with Gasteiger partial charge in [-0.05, 0) is 36.6 Å². The largest absolute Gasteiger partial charge is 0.377 e. The minimum absolute atomic E-state index is 0.656. The average Bonchev–Trinajstić information content (AvgIpc) is 2.35. The molecule has 0 atom stereocenters. The number of hydrogen-bond acceptors (Lipinski definition) is 2. The molecule has 0 unspecified atom stereocenters. The highest BCUT2D eigenvalue weighted by molar-refractivity contribution is 5.37. The number of aryl methyl sites for hydroxylation is 1. The van der Waals surface area contributed by atoms with Crippen molar-refractivity contribution < 1.29 is 4.74 Å². The molecule has 0 N–H and O–H groups in total. The third-order valence-electron chi connectivity index (χ3n) is 2.87. The fraction of sp³-hybridized carbons (Fsp3) is 0.533. The highest BCUT2D eigenvalue weighted by Crippen LogP contribution is 2.12. The lowest BCUT2D eigenvalue weighted by Gasteiger charge is -2.07. The van der Waals surface area contributed by atoms with E-state index in [0.29, 0.717) is 12.2 Å². The summed E-state index contributed by atoms with van der Waals surface area (Å²) < 4.78 is 5.64. The van der Waals surface area contributed by atoms with Gasteiger partial charge >= 0.3 is 0 Å². The molecule has 0 aliphatic carbocycles. The second kappa shape index (κ2) is 7.86. The third kappa shape index (κ3) is 5.01. The van der Waals surface area contributed by atoms with Crippen LogP contribution < -0.4 is 0 Å². The molecule has 0 heterocycles. The number of nitriles is 1. The predicted molar refractivity (Wildman–Crippen MR) is 69.7 cm³/mol. The molecule has 1 aromatic rings. The summed E-state index contributed by atoms with van der Waals surface area (Å²) in [6.45, 7) is 5.72. The molecule has 0 aromatic heterocycles. The maximum Gasteiger partial charge on any atom is 0.0991 e. The Bertz CT molecular complexity index is 379. The zero-order valence-corrected chi connectivity index (χ0v) is 10.8. The maximum atomic E-state index is 8.77. The molecule has 17 heavy (non-hydrogen) atoms. The van der Waals surface area contributed by atoms with Crippen LogP contribution in [0.3, 0.4) is 0 Å². The van der Waals surface area contributed by atoms with Crippen LogP contribution in [0.5, 0.6) is 0 Å². The minimum atomic E-state index is 0.656. The molecule has 0 fully saturated rings. The van der Waals surface area contributed by atoms with Crippen molar-refractivity contribution in [3.8, 4) is 6.07 Å². The summed E-state index contributed by atoms with van der Waals surface area (Å²) in [4.78, 5) is 0. The Morgan fingerprint density at radius 3 is 2.71 bits per heavy atom. The van der Waals surface area contributed by atoms with Crippen LogP contribution in [-0.2, 0) is 11.3 Å². The Morgan fingerprint density at radius 2 is 2.06 bits per heavy atom. The zero-order chi connectivity index (χ0) is 12.5. The Labute approximate surface area is 104 Å². The van der Waals surface area contributed by atoms with Crippen molar-refractivity contribution in [3.05, 3.63) is 34.9 Å². The molecule has 1 rings (SSSR count). The fourth-order valence-electron chi connectivity index (χ4n) is 1.74. The predicted octanol–water partition coefficient (Wildman–Crippen LogP) is 3.96. The van der Waals surface area contributed by atoms with E-state index >= 15 is 0 Å². The summed E-state index contributed by atoms with van der Waals surface area (Å²) in [5.41, 5.74) is 3.03. The monoisotopic (exact) mass is 231 g/mol. The Morgan fingerprint density at radius 1 is 1.24 bits per heavy atom. The van der Waals surface area contributed by atoms with E-state index in [2.05, 4.69) is 13.0 Å². The van der Waals surface area contributed by atoms with E-state index in [0.717, 1.165) is 18.6 Å². The van der Waals surface area contributed by atoms with Crippen molar-refractivity contribution >= 4 is 0 Å². The smallest absolute Gasteiger partial charge is 0.0991 e. The van der Waals surface area contributed by atoms with Crippen LogP contribution in [0.1, 0.15) is 49.3 Å². The van der Waals surface area contributed by atoms with Gasteiger partial charge in [-0.1, -0.05) is 32.3 Å². The molecule has 0 saturated carbocycles. The van der Waals surface area contributed by atoms with Gasteiger partial charge in [-0.2, -0.15) is 5.26 Å². The van der Waals surface area contributed by atoms with Crippen molar-refractivity contribution in [2.45, 2.75) is 46.1 Å². The molecular weight excluding hydrogens is 210 g/mol. The van der Waals surface area contributed by atoms with E-state index in [4.69, 9.17) is 10.00 Å². The molecule has 0 aliphatic heterocycles. The van der Waals surface area contributed by atoms with Crippen molar-refractivity contribution in [1.29, 1.82) is 5.26 Å². The van der Waals surface area contributed by atoms with Crippen molar-refractivity contribution in [2.24, 2.45) is 0 Å². The average molecular weight is 231 g/mol. The molecule has 2 nitrogen and oxygen atoms in total. The molecule has 0 bridgehead atoms. The highest BCUT2D eigenvalue weighted by atomic mass is 16.5. The number of nitrogens with zero attached hydrogens (tertiary/aromatic N) is 1. The summed E-state index contributed by atoms with van der Waals surface area (Å²) in [5, 5.41) is 8.77. The lowest BCUT2D eigenvalue weighted by molar-refractivity contribution is 0.116. The maximum absolute atomic E-state index is 8.77. The molecule has 2 heteroatoms. The van der Waals surface area contributed by atoms with E-state index < -0.39 is 0 Å². The number of ether oxygens (including phenoxy) is 1. The summed E-state index contributed by atoms with van der Waals surface area (Å²) >= 11 is 0. The number of rotatable bonds is 7. The van der Waals surface area contributed by atoms with Crippen LogP contribution in [0.15, 0.2) is 18.2 Å². The van der Waals surface area contributed by atoms with Crippen LogP contribution in [0, 0.1) is 18.3 Å². The summed E-state index contributed by atoms with van der Waals surface area (Å²) in [6.07, 6.45) is 4.94. The second-order valence-corrected chi connectivity index (χ2v) is 4.37. The normalized spacial score (nSPS) is 10.2. The van der Waals surface area contributed by atoms with Gasteiger partial charge in [-0.25, -0.2) is 0 Å². The van der Waals surface area contributed by atoms with Crippen LogP contribution in [0.2, 0.25) is 0 Å². The highest BCUT2D eigenvalue weighted by Gasteiger charge is 2.00. The topological polar surface area (TPSA) is 33.0 Å². The molecule has 0 saturated heterocycles. The van der Waals surface area contributed by atoms with Gasteiger partial charge in [-0.3, -0.25) is 0 Å². The standard InChI is InChI=1S/C15H21NO/c1-3-4-5-6-9-17-12-15-8-7-14(11-16)10-13(15)2/h7-8,10H,3-6,9,12H2,1-2H3. The lowest BCUT2D eigenvalue weighted by Crippen LogP contribution is -1.98. The Kier molecular flexibility index (Phi) is 6.35. The molecule has 0 amide bonds. The van der Waals surface area contributed by atoms with E-state index in [1.807, 2.05) is 25.1 Å². The summed E-state index contributed by atoms with van der Waals surface area (Å²) in [5.74, 6) is 0. The first-order valence-electron chi connectivity index (χ1n) is 6.35. The second-order valence-electron chi connectivity index (χ2n) is 4.37. The Hall–Kier alpha value is -1.33. The fourth-order valence-corrected chi connectivity index (χ4v) is 1.74. The lowest BCUT2D eigenvalue weighted by atomic mass is 10.1. The molecule has 1 aromatic carbocycles. The SMILES string of the molecule is CCCCCCOCc1ccc(C#N)cc1C. The van der Waals surface area contributed by atoms with Gasteiger partial charge in [0.2, 0.25) is 0 Å². The first kappa shape index (κ1) is 13.7. The quantitative estimate of drug-likeness (QED) is 0.665. The van der Waals surface area contributed by atoms with Crippen LogP contribution in [0.25, 0.3) is 0 Å². The minimum Gasteiger partial charge on any atom is -0.377 e. The van der Waals surface area contributed by atoms with Gasteiger partial charge in [0, 0.05) is 6.61 Å². The summed E-state index contributed by atoms with van der Waals surface area (Å²) in [6, 6.07) is 7.89. The third-order valence-corrected chi connectivity index (χ3v) is 2.87. The number of benzene rings is 1. The van der Waals surface area contributed by atoms with Crippen molar-refractivity contribution in [3.63, 3.8) is 0 Å². The molecule has 92 valence electrons. The molecule has 0 radical (unpaired) electrons. The van der Waals surface area contributed by atoms with E-state index in [1.54, 1.807) is 0 Å². The van der Waals surface area contributed by atoms with Crippen molar-refractivity contribution in [1.82, 2.24) is 0 Å². The van der Waals surface area contributed by atoms with E-state index in [-0.39, 0.29) is 0 Å². The first-order valence-corrected chi connectivity index (χ1v) is 6.35. The van der Waals surface area contributed by atoms with Gasteiger partial charge in [0.05, 0.1) is 18.2 Å². The Balaban J connectivity index is 2.30. The summed E-state index contributed by atoms with van der Waals surface area (Å²) in [7, 11) is 0. The van der Waals surface area contributed by atoms with Gasteiger partial charge in [-0.15, -0.1) is 0 Å². The number of unbranched alkanes of at least 4 members (excludes halogenated alkanes) is 3. The zero-order valence-electron chi connectivity index (χ0n) is 10.8.